The van der Waals surface area contributed by atoms with Crippen LogP contribution in [0.15, 0.2) is 47.2 Å². The molecule has 1 amide bonds. The van der Waals surface area contributed by atoms with Crippen molar-refractivity contribution in [2.75, 3.05) is 13.1 Å². The van der Waals surface area contributed by atoms with Crippen molar-refractivity contribution < 1.29 is 9.63 Å². The van der Waals surface area contributed by atoms with E-state index < -0.39 is 0 Å². The Balaban J connectivity index is 0.00000210. The van der Waals surface area contributed by atoms with Crippen LogP contribution < -0.4 is 0 Å². The minimum absolute atomic E-state index is 0. The second kappa shape index (κ2) is 8.06. The summed E-state index contributed by atoms with van der Waals surface area (Å²) < 4.78 is 0. The van der Waals surface area contributed by atoms with E-state index in [9.17, 15) is 4.79 Å². The SMILES string of the molecule is CCN(CC)C1=CC2CC2(C=C=C2ON(C3CCCCC3)C2=O)C=C=C1.S. The first kappa shape index (κ1) is 19.9. The fourth-order valence-corrected chi connectivity index (χ4v) is 4.32. The Morgan fingerprint density at radius 1 is 1.33 bits per heavy atom. The molecular weight excluding hydrogens is 356 g/mol. The van der Waals surface area contributed by atoms with Gasteiger partial charge in [-0.25, -0.2) is 0 Å². The first-order chi connectivity index (χ1) is 12.7. The normalized spacial score (nSPS) is 28.7. The van der Waals surface area contributed by atoms with Crippen LogP contribution in [0.1, 0.15) is 52.4 Å². The fraction of sp³-hybridized carbons (Fsp3) is 0.591. The lowest BCUT2D eigenvalue weighted by Gasteiger charge is -2.38. The second-order valence-corrected chi connectivity index (χ2v) is 7.77. The molecule has 0 aromatic rings. The van der Waals surface area contributed by atoms with E-state index in [1.165, 1.54) is 25.0 Å². The molecule has 1 saturated heterocycles. The lowest BCUT2D eigenvalue weighted by Crippen LogP contribution is -2.50. The number of carbonyl (C=O) groups is 1. The van der Waals surface area contributed by atoms with Gasteiger partial charge in [0.15, 0.2) is 0 Å². The summed E-state index contributed by atoms with van der Waals surface area (Å²) in [6, 6.07) is 0.258. The number of nitrogens with zero attached hydrogens (tertiary/aromatic N) is 2. The molecule has 0 N–H and O–H groups in total. The van der Waals surface area contributed by atoms with Gasteiger partial charge in [0, 0.05) is 30.3 Å². The van der Waals surface area contributed by atoms with Gasteiger partial charge in [-0.1, -0.05) is 31.1 Å². The minimum atomic E-state index is -0.0483. The van der Waals surface area contributed by atoms with Gasteiger partial charge in [-0.05, 0) is 51.2 Å². The number of hydrogen-bond acceptors (Lipinski definition) is 3. The highest BCUT2D eigenvalue weighted by molar-refractivity contribution is 7.59. The lowest BCUT2D eigenvalue weighted by molar-refractivity contribution is -0.224. The molecule has 4 aliphatic rings. The molecule has 1 aliphatic heterocycles. The van der Waals surface area contributed by atoms with Crippen molar-refractivity contribution in [1.29, 1.82) is 0 Å². The maximum Gasteiger partial charge on any atom is 0.333 e. The Labute approximate surface area is 169 Å². The number of allylic oxidation sites excluding steroid dienone is 2. The summed E-state index contributed by atoms with van der Waals surface area (Å²) in [6.07, 6.45) is 15.4. The smallest absolute Gasteiger partial charge is 0.333 e. The van der Waals surface area contributed by atoms with Gasteiger partial charge in [-0.3, -0.25) is 4.79 Å². The van der Waals surface area contributed by atoms with Crippen LogP contribution in [0.5, 0.6) is 0 Å². The first-order valence-electron chi connectivity index (χ1n) is 10.1. The van der Waals surface area contributed by atoms with Crippen molar-refractivity contribution in [3.8, 4) is 0 Å². The van der Waals surface area contributed by atoms with Crippen molar-refractivity contribution in [2.24, 2.45) is 11.3 Å². The molecule has 4 rings (SSSR count). The molecule has 3 aliphatic carbocycles. The van der Waals surface area contributed by atoms with Crippen LogP contribution in [0.2, 0.25) is 0 Å². The minimum Gasteiger partial charge on any atom is -0.372 e. The number of fused-ring (bicyclic) bond motifs is 1. The topological polar surface area (TPSA) is 32.8 Å². The van der Waals surface area contributed by atoms with Crippen LogP contribution >= 0.6 is 13.5 Å². The van der Waals surface area contributed by atoms with Crippen LogP contribution in [0.3, 0.4) is 0 Å². The Morgan fingerprint density at radius 3 is 2.74 bits per heavy atom. The van der Waals surface area contributed by atoms with Gasteiger partial charge in [-0.2, -0.15) is 18.6 Å². The predicted octanol–water partition coefficient (Wildman–Crippen LogP) is 4.20. The largest absolute Gasteiger partial charge is 0.372 e. The number of carbonyl (C=O) groups excluding carboxylic acids is 1. The number of amides is 1. The van der Waals surface area contributed by atoms with Gasteiger partial charge < -0.3 is 9.74 Å². The van der Waals surface area contributed by atoms with Crippen molar-refractivity contribution in [3.05, 3.63) is 47.2 Å². The molecule has 0 aromatic heterocycles. The van der Waals surface area contributed by atoms with E-state index in [1.807, 2.05) is 6.08 Å². The van der Waals surface area contributed by atoms with Gasteiger partial charge in [-0.15, -0.1) is 5.73 Å². The zero-order valence-electron chi connectivity index (χ0n) is 16.3. The molecule has 5 heteroatoms. The Morgan fingerprint density at radius 2 is 2.07 bits per heavy atom. The highest BCUT2D eigenvalue weighted by Gasteiger charge is 2.50. The Hall–Kier alpha value is -1.80. The molecule has 2 atom stereocenters. The highest BCUT2D eigenvalue weighted by atomic mass is 32.1. The number of likely N-dealkylation sites (N-methyl/N-ethyl adjacent to an activating group) is 1. The van der Waals surface area contributed by atoms with E-state index in [0.717, 1.165) is 32.4 Å². The zero-order chi connectivity index (χ0) is 18.1. The van der Waals surface area contributed by atoms with Gasteiger partial charge in [0.1, 0.15) is 0 Å². The van der Waals surface area contributed by atoms with Crippen LogP contribution in [0, 0.1) is 11.3 Å². The second-order valence-electron chi connectivity index (χ2n) is 7.77. The Bertz CT molecular complexity index is 748. The van der Waals surface area contributed by atoms with Gasteiger partial charge in [0.05, 0.1) is 6.04 Å². The van der Waals surface area contributed by atoms with E-state index in [1.54, 1.807) is 5.06 Å². The molecule has 2 unspecified atom stereocenters. The van der Waals surface area contributed by atoms with Crippen LogP contribution in [-0.2, 0) is 9.63 Å². The van der Waals surface area contributed by atoms with E-state index in [-0.39, 0.29) is 30.9 Å². The molecule has 0 bridgehead atoms. The van der Waals surface area contributed by atoms with Crippen LogP contribution in [-0.4, -0.2) is 35.0 Å². The molecular formula is C22H30N2O2S. The molecule has 3 fully saturated rings. The summed E-state index contributed by atoms with van der Waals surface area (Å²) in [6.45, 7) is 6.35. The van der Waals surface area contributed by atoms with Crippen molar-refractivity contribution in [1.82, 2.24) is 9.96 Å². The third-order valence-electron chi connectivity index (χ3n) is 6.15. The summed E-state index contributed by atoms with van der Waals surface area (Å²) in [5.74, 6) is 0.821. The van der Waals surface area contributed by atoms with Gasteiger partial charge in [0.2, 0.25) is 0 Å². The van der Waals surface area contributed by atoms with Gasteiger partial charge >= 0.3 is 5.91 Å². The molecule has 0 radical (unpaired) electrons. The molecule has 2 saturated carbocycles. The van der Waals surface area contributed by atoms with Crippen molar-refractivity contribution in [3.63, 3.8) is 0 Å². The molecule has 27 heavy (non-hydrogen) atoms. The average Bonchev–Trinajstić information content (AvgIpc) is 3.36. The van der Waals surface area contributed by atoms with E-state index >= 15 is 0 Å². The highest BCUT2D eigenvalue weighted by Crippen LogP contribution is 2.57. The third kappa shape index (κ3) is 3.78. The van der Waals surface area contributed by atoms with E-state index in [4.69, 9.17) is 4.84 Å². The summed E-state index contributed by atoms with van der Waals surface area (Å²) >= 11 is 0. The molecule has 1 heterocycles. The summed E-state index contributed by atoms with van der Waals surface area (Å²) in [5.41, 5.74) is 7.67. The lowest BCUT2D eigenvalue weighted by atomic mass is 9.95. The van der Waals surface area contributed by atoms with Crippen molar-refractivity contribution >= 4 is 19.4 Å². The third-order valence-corrected chi connectivity index (χ3v) is 6.15. The van der Waals surface area contributed by atoms with E-state index in [0.29, 0.717) is 11.7 Å². The van der Waals surface area contributed by atoms with Crippen LogP contribution in [0.25, 0.3) is 0 Å². The van der Waals surface area contributed by atoms with E-state index in [2.05, 4.69) is 48.4 Å². The zero-order valence-corrected chi connectivity index (χ0v) is 17.3. The number of hydrogen-bond donors (Lipinski definition) is 0. The predicted molar refractivity (Wildman–Crippen MR) is 111 cm³/mol. The molecule has 4 nitrogen and oxygen atoms in total. The summed E-state index contributed by atoms with van der Waals surface area (Å²) in [4.78, 5) is 20.4. The fourth-order valence-electron chi connectivity index (χ4n) is 4.32. The summed E-state index contributed by atoms with van der Waals surface area (Å²) in [7, 11) is 0. The van der Waals surface area contributed by atoms with Crippen LogP contribution in [0.4, 0.5) is 0 Å². The van der Waals surface area contributed by atoms with Gasteiger partial charge in [0.25, 0.3) is 5.76 Å². The monoisotopic (exact) mass is 386 g/mol. The maximum atomic E-state index is 12.4. The number of hydroxylamine groups is 2. The summed E-state index contributed by atoms with van der Waals surface area (Å²) in [5, 5.41) is 1.57. The Kier molecular flexibility index (Phi) is 5.95. The average molecular weight is 387 g/mol. The van der Waals surface area contributed by atoms with Crippen molar-refractivity contribution in [2.45, 2.75) is 58.4 Å². The number of rotatable bonds is 5. The standard InChI is InChI=1S/C22H28N2O2.H2S/c1-3-23(4-2)19-11-8-13-22(16-17(22)15-19)14-12-20-21(25)24(26-20)18-9-6-5-7-10-18;/h11,13-15,17-18H,3-7,9-10,16H2,1-2H3;1H2. The molecule has 0 spiro atoms. The quantitative estimate of drug-likeness (QED) is 0.524. The maximum absolute atomic E-state index is 12.4. The molecule has 0 aromatic carbocycles. The molecule has 146 valence electrons. The first-order valence-corrected chi connectivity index (χ1v) is 10.1.